The molecule has 0 atom stereocenters. The summed E-state index contributed by atoms with van der Waals surface area (Å²) >= 11 is 0. The lowest BCUT2D eigenvalue weighted by Gasteiger charge is -2.34. The first kappa shape index (κ1) is 31.2. The lowest BCUT2D eigenvalue weighted by atomic mass is 9.66. The van der Waals surface area contributed by atoms with Gasteiger partial charge in [0.2, 0.25) is 0 Å². The van der Waals surface area contributed by atoms with Crippen LogP contribution in [0.2, 0.25) is 0 Å². The highest BCUT2D eigenvalue weighted by atomic mass is 16.3. The van der Waals surface area contributed by atoms with Crippen LogP contribution < -0.4 is 0 Å². The topological polar surface area (TPSA) is 13.1 Å². The molecule has 0 bridgehead atoms. The summed E-state index contributed by atoms with van der Waals surface area (Å²) in [5.74, 6) is 0. The van der Waals surface area contributed by atoms with Crippen molar-refractivity contribution in [2.75, 3.05) is 0 Å². The molecule has 0 N–H and O–H groups in total. The van der Waals surface area contributed by atoms with Crippen molar-refractivity contribution in [1.29, 1.82) is 0 Å². The second-order valence-corrected chi connectivity index (χ2v) is 15.2. The molecule has 12 rings (SSSR count). The third-order valence-electron chi connectivity index (χ3n) is 12.3. The molecule has 1 nitrogen and oxygen atoms in total. The van der Waals surface area contributed by atoms with Gasteiger partial charge < -0.3 is 4.42 Å². The smallest absolute Gasteiger partial charge is 0.136 e. The zero-order chi connectivity index (χ0) is 36.8. The van der Waals surface area contributed by atoms with Crippen LogP contribution in [0.3, 0.4) is 0 Å². The Hall–Kier alpha value is -7.22. The van der Waals surface area contributed by atoms with Gasteiger partial charge in [-0.05, 0) is 130 Å². The van der Waals surface area contributed by atoms with Gasteiger partial charge in [0.25, 0.3) is 0 Å². The Kier molecular flexibility index (Phi) is 6.62. The summed E-state index contributed by atoms with van der Waals surface area (Å²) in [6.07, 6.45) is 0. The summed E-state index contributed by atoms with van der Waals surface area (Å²) in [6.45, 7) is 0. The van der Waals surface area contributed by atoms with Crippen LogP contribution in [-0.4, -0.2) is 0 Å². The van der Waals surface area contributed by atoms with E-state index in [0.717, 1.165) is 27.5 Å². The van der Waals surface area contributed by atoms with Crippen molar-refractivity contribution in [3.05, 3.63) is 229 Å². The Morgan fingerprint density at radius 2 is 0.821 bits per heavy atom. The number of rotatable bonds is 4. The molecule has 0 saturated carbocycles. The van der Waals surface area contributed by atoms with Crippen LogP contribution in [0, 0.1) is 0 Å². The first-order valence-electron chi connectivity index (χ1n) is 19.4. The van der Waals surface area contributed by atoms with Crippen molar-refractivity contribution in [3.8, 4) is 33.4 Å². The van der Waals surface area contributed by atoms with Crippen molar-refractivity contribution >= 4 is 54.3 Å². The Morgan fingerprint density at radius 1 is 0.304 bits per heavy atom. The van der Waals surface area contributed by atoms with Gasteiger partial charge in [-0.3, -0.25) is 0 Å². The highest BCUT2D eigenvalue weighted by molar-refractivity contribution is 6.11. The van der Waals surface area contributed by atoms with Crippen molar-refractivity contribution in [1.82, 2.24) is 0 Å². The monoisotopic (exact) mass is 710 g/mol. The fraction of sp³-hybridized carbons (Fsp3) is 0.0182. The maximum atomic E-state index is 6.41. The molecule has 56 heavy (non-hydrogen) atoms. The van der Waals surface area contributed by atoms with Crippen molar-refractivity contribution in [2.24, 2.45) is 0 Å². The Morgan fingerprint density at radius 3 is 1.54 bits per heavy atom. The van der Waals surface area contributed by atoms with E-state index in [0.29, 0.717) is 0 Å². The fourth-order valence-corrected chi connectivity index (χ4v) is 9.70. The molecule has 0 spiro atoms. The van der Waals surface area contributed by atoms with Gasteiger partial charge in [0.15, 0.2) is 0 Å². The van der Waals surface area contributed by atoms with Gasteiger partial charge in [-0.2, -0.15) is 0 Å². The highest BCUT2D eigenvalue weighted by Gasteiger charge is 2.47. The van der Waals surface area contributed by atoms with Crippen LogP contribution in [0.15, 0.2) is 211 Å². The second-order valence-electron chi connectivity index (χ2n) is 15.2. The van der Waals surface area contributed by atoms with Crippen molar-refractivity contribution in [2.45, 2.75) is 5.41 Å². The maximum Gasteiger partial charge on any atom is 0.136 e. The molecule has 0 radical (unpaired) electrons. The van der Waals surface area contributed by atoms with E-state index in [1.54, 1.807) is 0 Å². The number of benzene rings is 10. The summed E-state index contributed by atoms with van der Waals surface area (Å²) in [7, 11) is 0. The normalized spacial score (nSPS) is 13.1. The average Bonchev–Trinajstić information content (AvgIpc) is 3.78. The zero-order valence-corrected chi connectivity index (χ0v) is 30.5. The van der Waals surface area contributed by atoms with Gasteiger partial charge in [0.1, 0.15) is 11.2 Å². The van der Waals surface area contributed by atoms with Gasteiger partial charge in [0, 0.05) is 10.8 Å². The molecular weight excluding hydrogens is 677 g/mol. The molecule has 0 fully saturated rings. The van der Waals surface area contributed by atoms with Gasteiger partial charge in [-0.25, -0.2) is 0 Å². The third kappa shape index (κ3) is 4.49. The van der Waals surface area contributed by atoms with Gasteiger partial charge in [-0.15, -0.1) is 0 Å². The zero-order valence-electron chi connectivity index (χ0n) is 30.5. The van der Waals surface area contributed by atoms with Crippen LogP contribution in [0.25, 0.3) is 87.6 Å². The molecule has 0 aliphatic heterocycles. The van der Waals surface area contributed by atoms with E-state index in [9.17, 15) is 0 Å². The Bertz CT molecular complexity index is 3310. The van der Waals surface area contributed by atoms with Crippen LogP contribution in [0.5, 0.6) is 0 Å². The van der Waals surface area contributed by atoms with Crippen LogP contribution in [-0.2, 0) is 5.41 Å². The van der Waals surface area contributed by atoms with Gasteiger partial charge >= 0.3 is 0 Å². The molecule has 0 amide bonds. The maximum absolute atomic E-state index is 6.41. The van der Waals surface area contributed by atoms with E-state index in [2.05, 4.69) is 206 Å². The van der Waals surface area contributed by atoms with Crippen LogP contribution in [0.1, 0.15) is 22.3 Å². The first-order chi connectivity index (χ1) is 27.7. The molecule has 0 saturated heterocycles. The molecule has 1 heteroatoms. The van der Waals surface area contributed by atoms with Crippen LogP contribution >= 0.6 is 0 Å². The van der Waals surface area contributed by atoms with Crippen molar-refractivity contribution in [3.63, 3.8) is 0 Å². The Labute approximate surface area is 324 Å². The SMILES string of the molecule is c1ccc(C2(c3ccccc3)c3ccccc3-c3ccc4ccc(-c5ccc6cc(-c7ccc8c(c7)oc7cc9ccccc9cc78)ccc6c5)cc4c32)cc1. The highest BCUT2D eigenvalue weighted by Crippen LogP contribution is 2.58. The minimum absolute atomic E-state index is 0.453. The largest absolute Gasteiger partial charge is 0.456 e. The number of hydrogen-bond acceptors (Lipinski definition) is 1. The van der Waals surface area contributed by atoms with Crippen molar-refractivity contribution < 1.29 is 4.42 Å². The lowest BCUT2D eigenvalue weighted by Crippen LogP contribution is -2.28. The summed E-state index contributed by atoms with van der Waals surface area (Å²) < 4.78 is 6.41. The second kappa shape index (κ2) is 11.9. The molecule has 1 aliphatic carbocycles. The summed E-state index contributed by atoms with van der Waals surface area (Å²) in [4.78, 5) is 0. The fourth-order valence-electron chi connectivity index (χ4n) is 9.70. The molecule has 260 valence electrons. The van der Waals surface area contributed by atoms with E-state index in [4.69, 9.17) is 4.42 Å². The summed E-state index contributed by atoms with van der Waals surface area (Å²) in [5.41, 5.74) is 14.0. The lowest BCUT2D eigenvalue weighted by molar-refractivity contribution is 0.669. The molecule has 1 aromatic heterocycles. The minimum atomic E-state index is -0.453. The quantitative estimate of drug-likeness (QED) is 0.177. The first-order valence-corrected chi connectivity index (χ1v) is 19.4. The number of furan rings is 1. The summed E-state index contributed by atoms with van der Waals surface area (Å²) in [5, 5.41) is 9.69. The molecule has 1 heterocycles. The van der Waals surface area contributed by atoms with E-state index in [1.165, 1.54) is 82.4 Å². The Balaban J connectivity index is 0.979. The molecule has 10 aromatic carbocycles. The van der Waals surface area contributed by atoms with E-state index < -0.39 is 5.41 Å². The third-order valence-corrected chi connectivity index (χ3v) is 12.3. The molecule has 1 aliphatic rings. The summed E-state index contributed by atoms with van der Waals surface area (Å²) in [6, 6.07) is 76.0. The van der Waals surface area contributed by atoms with E-state index in [-0.39, 0.29) is 0 Å². The van der Waals surface area contributed by atoms with E-state index >= 15 is 0 Å². The predicted molar refractivity (Wildman–Crippen MR) is 234 cm³/mol. The molecular formula is C55H34O. The van der Waals surface area contributed by atoms with Gasteiger partial charge in [-0.1, -0.05) is 164 Å². The standard InChI is InChI=1S/C55H34O/c1-3-13-44(14-4-1)55(45-15-5-2-6-16-45)51-18-10-9-17-46(51)48-28-25-35-19-20-42(31-49(35)54(48)55)40-23-21-39-30-41(24-22-38(39)29-40)43-26-27-47-50-32-36-11-7-8-12-37(36)33-53(50)56-52(47)34-43/h1-34H. The number of fused-ring (bicyclic) bond motifs is 10. The van der Waals surface area contributed by atoms with Crippen LogP contribution in [0.4, 0.5) is 0 Å². The minimum Gasteiger partial charge on any atom is -0.456 e. The molecule has 11 aromatic rings. The predicted octanol–water partition coefficient (Wildman–Crippen LogP) is 14.7. The number of hydrogen-bond donors (Lipinski definition) is 0. The van der Waals surface area contributed by atoms with E-state index in [1.807, 2.05) is 0 Å². The van der Waals surface area contributed by atoms with Gasteiger partial charge in [0.05, 0.1) is 5.41 Å². The average molecular weight is 711 g/mol. The molecule has 0 unspecified atom stereocenters.